The monoisotopic (exact) mass is 228 g/mol. The fraction of sp³-hybridized carbons (Fsp3) is 0. The molecule has 0 nitrogen and oxygen atoms in total. The van der Waals surface area contributed by atoms with Gasteiger partial charge in [-0.05, 0) is 28.8 Å². The van der Waals surface area contributed by atoms with Crippen LogP contribution in [0.3, 0.4) is 0 Å². The minimum Gasteiger partial charge on any atom is -0.0689 e. The zero-order chi connectivity index (χ0) is 12.2. The van der Waals surface area contributed by atoms with Crippen molar-refractivity contribution in [3.63, 3.8) is 0 Å². The first kappa shape index (κ1) is 10.6. The maximum Gasteiger partial charge on any atom is 0.0327 e. The van der Waals surface area contributed by atoms with E-state index in [1.165, 1.54) is 16.7 Å². The molecule has 0 aromatic heterocycles. The normalized spacial score (nSPS) is 9.78. The van der Waals surface area contributed by atoms with Gasteiger partial charge in [-0.25, -0.2) is 0 Å². The quantitative estimate of drug-likeness (QED) is 0.600. The maximum atomic E-state index is 3.17. The van der Waals surface area contributed by atoms with E-state index in [9.17, 15) is 0 Å². The predicted molar refractivity (Wildman–Crippen MR) is 75.0 cm³/mol. The summed E-state index contributed by atoms with van der Waals surface area (Å²) in [6.07, 6.45) is 0. The summed E-state index contributed by atoms with van der Waals surface area (Å²) in [5.74, 6) is 0. The molecule has 0 spiro atoms. The second-order valence-corrected chi connectivity index (χ2v) is 4.16. The Morgan fingerprint density at radius 2 is 1.22 bits per heavy atom. The number of rotatable bonds is 2. The van der Waals surface area contributed by atoms with E-state index in [4.69, 9.17) is 0 Å². The van der Waals surface area contributed by atoms with Crippen LogP contribution in [0.5, 0.6) is 0 Å². The molecule has 0 heteroatoms. The van der Waals surface area contributed by atoms with Crippen LogP contribution < -0.4 is 0 Å². The average molecular weight is 228 g/mol. The highest BCUT2D eigenvalue weighted by atomic mass is 14.0. The number of hydrogen-bond acceptors (Lipinski definition) is 0. The van der Waals surface area contributed by atoms with Crippen LogP contribution in [0.1, 0.15) is 0 Å². The second kappa shape index (κ2) is 4.77. The van der Waals surface area contributed by atoms with E-state index in [0.717, 1.165) is 5.56 Å². The van der Waals surface area contributed by atoms with E-state index < -0.39 is 0 Å². The van der Waals surface area contributed by atoms with E-state index in [-0.39, 0.29) is 0 Å². The minimum absolute atomic E-state index is 1.08. The molecule has 3 aromatic carbocycles. The zero-order valence-corrected chi connectivity index (χ0v) is 9.93. The van der Waals surface area contributed by atoms with Gasteiger partial charge in [-0.1, -0.05) is 72.8 Å². The molecule has 0 aliphatic rings. The first-order valence-electron chi connectivity index (χ1n) is 5.98. The Morgan fingerprint density at radius 3 is 1.89 bits per heavy atom. The van der Waals surface area contributed by atoms with Gasteiger partial charge in [0.2, 0.25) is 0 Å². The molecule has 0 saturated carbocycles. The van der Waals surface area contributed by atoms with Crippen molar-refractivity contribution in [3.05, 3.63) is 84.9 Å². The molecule has 0 unspecified atom stereocenters. The van der Waals surface area contributed by atoms with Gasteiger partial charge in [0.1, 0.15) is 0 Å². The fourth-order valence-corrected chi connectivity index (χ4v) is 2.00. The largest absolute Gasteiger partial charge is 0.0689 e. The van der Waals surface area contributed by atoms with E-state index in [2.05, 4.69) is 42.5 Å². The molecule has 0 aliphatic carbocycles. The molecule has 18 heavy (non-hydrogen) atoms. The Kier molecular flexibility index (Phi) is 2.82. The van der Waals surface area contributed by atoms with Crippen LogP contribution in [-0.2, 0) is 0 Å². The smallest absolute Gasteiger partial charge is 0.0327 e. The molecule has 0 radical (unpaired) electrons. The van der Waals surface area contributed by atoms with Gasteiger partial charge < -0.3 is 0 Å². The fourth-order valence-electron chi connectivity index (χ4n) is 2.00. The minimum atomic E-state index is 1.08. The SMILES string of the molecule is c1cc(-c2ccccc2)cc(-c2ccccc2)c#1. The Morgan fingerprint density at radius 1 is 0.611 bits per heavy atom. The Bertz CT molecular complexity index is 570. The van der Waals surface area contributed by atoms with Gasteiger partial charge in [0, 0.05) is 5.56 Å². The van der Waals surface area contributed by atoms with Crippen LogP contribution >= 0.6 is 0 Å². The third kappa shape index (κ3) is 2.12. The van der Waals surface area contributed by atoms with Crippen molar-refractivity contribution >= 4 is 0 Å². The van der Waals surface area contributed by atoms with Crippen molar-refractivity contribution in [2.24, 2.45) is 0 Å². The van der Waals surface area contributed by atoms with Crippen molar-refractivity contribution in [2.75, 3.05) is 0 Å². The number of hydrogen-bond donors (Lipinski definition) is 0. The molecule has 84 valence electrons. The summed E-state index contributed by atoms with van der Waals surface area (Å²) in [7, 11) is 0. The van der Waals surface area contributed by atoms with Crippen molar-refractivity contribution in [1.82, 2.24) is 0 Å². The molecule has 0 amide bonds. The predicted octanol–water partition coefficient (Wildman–Crippen LogP) is 4.62. The van der Waals surface area contributed by atoms with E-state index in [1.807, 2.05) is 42.5 Å². The lowest BCUT2D eigenvalue weighted by atomic mass is 10.0. The Balaban J connectivity index is 2.05. The first-order chi connectivity index (χ1) is 8.93. The lowest BCUT2D eigenvalue weighted by Gasteiger charge is -2.02. The standard InChI is InChI=1S/C18H12/c1-3-8-15(9-4-1)17-12-7-13-18(14-17)16-10-5-2-6-11-16/h1-6,8-12,14H. The first-order valence-corrected chi connectivity index (χ1v) is 5.98. The van der Waals surface area contributed by atoms with Crippen molar-refractivity contribution in [2.45, 2.75) is 0 Å². The molecule has 0 heterocycles. The topological polar surface area (TPSA) is 0 Å². The van der Waals surface area contributed by atoms with Gasteiger partial charge in [-0.15, -0.1) is 0 Å². The van der Waals surface area contributed by atoms with Crippen LogP contribution in [0.15, 0.2) is 72.8 Å². The van der Waals surface area contributed by atoms with Crippen LogP contribution in [0.25, 0.3) is 22.3 Å². The summed E-state index contributed by atoms with van der Waals surface area (Å²) in [6, 6.07) is 31.0. The van der Waals surface area contributed by atoms with Crippen LogP contribution in [0.2, 0.25) is 0 Å². The highest BCUT2D eigenvalue weighted by Gasteiger charge is 1.99. The van der Waals surface area contributed by atoms with Crippen molar-refractivity contribution in [3.8, 4) is 22.3 Å². The van der Waals surface area contributed by atoms with Crippen molar-refractivity contribution < 1.29 is 0 Å². The molecular formula is C18H12. The summed E-state index contributed by atoms with van der Waals surface area (Å²) in [6.45, 7) is 0. The average Bonchev–Trinajstić information content (AvgIpc) is 2.49. The lowest BCUT2D eigenvalue weighted by Crippen LogP contribution is -1.79. The highest BCUT2D eigenvalue weighted by Crippen LogP contribution is 2.23. The Hall–Kier alpha value is -2.52. The third-order valence-electron chi connectivity index (χ3n) is 2.93. The summed E-state index contributed by atoms with van der Waals surface area (Å²) in [5.41, 5.74) is 4.64. The van der Waals surface area contributed by atoms with Gasteiger partial charge >= 0.3 is 0 Å². The van der Waals surface area contributed by atoms with Crippen LogP contribution in [-0.4, -0.2) is 0 Å². The van der Waals surface area contributed by atoms with E-state index in [0.29, 0.717) is 0 Å². The molecule has 0 saturated heterocycles. The Labute approximate surface area is 108 Å². The van der Waals surface area contributed by atoms with E-state index in [1.54, 1.807) is 0 Å². The molecule has 0 bridgehead atoms. The zero-order valence-electron chi connectivity index (χ0n) is 9.93. The van der Waals surface area contributed by atoms with Gasteiger partial charge in [0.05, 0.1) is 0 Å². The van der Waals surface area contributed by atoms with Gasteiger partial charge in [0.15, 0.2) is 0 Å². The molecule has 0 N–H and O–H groups in total. The molecule has 3 rings (SSSR count). The number of benzene rings is 2. The van der Waals surface area contributed by atoms with Crippen LogP contribution in [0, 0.1) is 12.1 Å². The van der Waals surface area contributed by atoms with Gasteiger partial charge in [-0.3, -0.25) is 0 Å². The molecule has 0 aliphatic heterocycles. The van der Waals surface area contributed by atoms with Gasteiger partial charge in [-0.2, -0.15) is 0 Å². The molecule has 0 atom stereocenters. The summed E-state index contributed by atoms with van der Waals surface area (Å²) in [5, 5.41) is 0. The summed E-state index contributed by atoms with van der Waals surface area (Å²) >= 11 is 0. The van der Waals surface area contributed by atoms with Crippen molar-refractivity contribution in [1.29, 1.82) is 0 Å². The maximum absolute atomic E-state index is 3.17. The highest BCUT2D eigenvalue weighted by molar-refractivity contribution is 5.71. The van der Waals surface area contributed by atoms with E-state index >= 15 is 0 Å². The molecule has 3 aromatic rings. The van der Waals surface area contributed by atoms with Gasteiger partial charge in [0.25, 0.3) is 0 Å². The molecular weight excluding hydrogens is 216 g/mol. The summed E-state index contributed by atoms with van der Waals surface area (Å²) in [4.78, 5) is 0. The summed E-state index contributed by atoms with van der Waals surface area (Å²) < 4.78 is 0. The molecule has 0 fully saturated rings. The second-order valence-electron chi connectivity index (χ2n) is 4.16. The third-order valence-corrected chi connectivity index (χ3v) is 2.93. The van der Waals surface area contributed by atoms with Crippen LogP contribution in [0.4, 0.5) is 0 Å². The lowest BCUT2D eigenvalue weighted by molar-refractivity contribution is 1.60.